The molecule has 196 valence electrons. The molecule has 0 spiro atoms. The Labute approximate surface area is 215 Å². The zero-order valence-corrected chi connectivity index (χ0v) is 20.4. The minimum Gasteiger partial charge on any atom is -0.351 e. The van der Waals surface area contributed by atoms with Gasteiger partial charge in [0.15, 0.2) is 17.5 Å². The zero-order chi connectivity index (χ0) is 27.4. The Kier molecular flexibility index (Phi) is 7.42. The van der Waals surface area contributed by atoms with Crippen LogP contribution in [0.1, 0.15) is 23.0 Å². The van der Waals surface area contributed by atoms with Crippen LogP contribution >= 0.6 is 0 Å². The third-order valence-corrected chi connectivity index (χ3v) is 5.59. The second kappa shape index (κ2) is 10.7. The maximum Gasteiger partial charge on any atom is 0.406 e. The predicted molar refractivity (Wildman–Crippen MR) is 138 cm³/mol. The molecule has 4 rings (SSSR count). The fraction of sp³-hybridized carbons (Fsp3) is 0.154. The number of allylic oxidation sites excluding steroid dienone is 1. The van der Waals surface area contributed by atoms with Crippen molar-refractivity contribution in [1.82, 2.24) is 25.3 Å². The standard InChI is InChI=1S/C26H23F4N7O/c1-15(12-33-31-2)16-6-8-19(9-7-16)34-24-20(27)13-32-23(36-24)18-5-4-17-10-22(35-21(17)11-18)25(38)37(3)14-26(28,29)30/h4-13,33,35H,2,14H2,1,3H3,(H,32,34,36)/b15-12+. The van der Waals surface area contributed by atoms with Gasteiger partial charge in [0.05, 0.1) is 6.20 Å². The van der Waals surface area contributed by atoms with E-state index in [-0.39, 0.29) is 17.3 Å². The molecule has 4 aromatic rings. The van der Waals surface area contributed by atoms with Gasteiger partial charge in [-0.25, -0.2) is 14.4 Å². The van der Waals surface area contributed by atoms with Gasteiger partial charge < -0.3 is 15.2 Å². The van der Waals surface area contributed by atoms with Gasteiger partial charge in [-0.05, 0) is 42.3 Å². The van der Waals surface area contributed by atoms with Crippen molar-refractivity contribution in [1.29, 1.82) is 0 Å². The van der Waals surface area contributed by atoms with Gasteiger partial charge in [0, 0.05) is 42.1 Å². The maximum absolute atomic E-state index is 14.5. The Morgan fingerprint density at radius 1 is 1.18 bits per heavy atom. The first-order chi connectivity index (χ1) is 18.0. The molecule has 0 atom stereocenters. The molecule has 2 aromatic carbocycles. The summed E-state index contributed by atoms with van der Waals surface area (Å²) in [6.07, 6.45) is -1.76. The van der Waals surface area contributed by atoms with Gasteiger partial charge in [0.1, 0.15) is 12.2 Å². The number of fused-ring (bicyclic) bond motifs is 1. The van der Waals surface area contributed by atoms with Gasteiger partial charge in [0.25, 0.3) is 5.91 Å². The second-order valence-corrected chi connectivity index (χ2v) is 8.47. The number of rotatable bonds is 8. The highest BCUT2D eigenvalue weighted by atomic mass is 19.4. The number of alkyl halides is 3. The van der Waals surface area contributed by atoms with Crippen LogP contribution in [0.3, 0.4) is 0 Å². The molecular weight excluding hydrogens is 502 g/mol. The van der Waals surface area contributed by atoms with Gasteiger partial charge >= 0.3 is 6.18 Å². The third kappa shape index (κ3) is 6.14. The highest BCUT2D eigenvalue weighted by molar-refractivity contribution is 5.98. The number of aromatic amines is 1. The average molecular weight is 526 g/mol. The SMILES string of the molecule is C=NN/C=C(\C)c1ccc(Nc2nc(-c3ccc4cc(C(=O)N(C)CC(F)(F)F)[nH]c4c3)ncc2F)cc1. The van der Waals surface area contributed by atoms with Crippen LogP contribution < -0.4 is 10.7 Å². The summed E-state index contributed by atoms with van der Waals surface area (Å²) >= 11 is 0. The molecule has 0 unspecified atom stereocenters. The Morgan fingerprint density at radius 3 is 2.61 bits per heavy atom. The van der Waals surface area contributed by atoms with Crippen LogP contribution in [-0.4, -0.2) is 52.2 Å². The van der Waals surface area contributed by atoms with Crippen LogP contribution in [-0.2, 0) is 0 Å². The number of carbonyl (C=O) groups is 1. The molecule has 38 heavy (non-hydrogen) atoms. The molecule has 2 heterocycles. The topological polar surface area (TPSA) is 98.3 Å². The number of benzene rings is 2. The van der Waals surface area contributed by atoms with E-state index in [1.165, 1.54) is 6.07 Å². The van der Waals surface area contributed by atoms with E-state index >= 15 is 0 Å². The number of amides is 1. The molecule has 0 saturated heterocycles. The van der Waals surface area contributed by atoms with E-state index in [2.05, 4.69) is 37.5 Å². The summed E-state index contributed by atoms with van der Waals surface area (Å²) in [5.41, 5.74) is 6.15. The lowest BCUT2D eigenvalue weighted by molar-refractivity contribution is -0.138. The molecule has 12 heteroatoms. The van der Waals surface area contributed by atoms with Crippen molar-refractivity contribution in [2.45, 2.75) is 13.1 Å². The molecule has 0 saturated carbocycles. The first-order valence-corrected chi connectivity index (χ1v) is 11.3. The van der Waals surface area contributed by atoms with E-state index in [4.69, 9.17) is 0 Å². The van der Waals surface area contributed by atoms with Gasteiger partial charge in [-0.2, -0.15) is 18.3 Å². The molecule has 0 aliphatic heterocycles. The first kappa shape index (κ1) is 26.3. The average Bonchev–Trinajstić information content (AvgIpc) is 3.31. The van der Waals surface area contributed by atoms with E-state index in [0.29, 0.717) is 27.1 Å². The lowest BCUT2D eigenvalue weighted by atomic mass is 10.1. The first-order valence-electron chi connectivity index (χ1n) is 11.3. The van der Waals surface area contributed by atoms with Crippen molar-refractivity contribution < 1.29 is 22.4 Å². The fourth-order valence-electron chi connectivity index (χ4n) is 3.70. The molecule has 1 amide bonds. The summed E-state index contributed by atoms with van der Waals surface area (Å²) in [5, 5.41) is 7.11. The van der Waals surface area contributed by atoms with E-state index in [0.717, 1.165) is 24.4 Å². The number of nitrogens with one attached hydrogen (secondary N) is 3. The van der Waals surface area contributed by atoms with Crippen LogP contribution in [0.25, 0.3) is 27.9 Å². The quantitative estimate of drug-likeness (QED) is 0.156. The van der Waals surface area contributed by atoms with E-state index in [1.54, 1.807) is 36.5 Å². The zero-order valence-electron chi connectivity index (χ0n) is 20.4. The highest BCUT2D eigenvalue weighted by Gasteiger charge is 2.32. The van der Waals surface area contributed by atoms with Crippen LogP contribution in [0, 0.1) is 5.82 Å². The van der Waals surface area contributed by atoms with E-state index < -0.39 is 24.4 Å². The minimum atomic E-state index is -4.51. The van der Waals surface area contributed by atoms with Crippen LogP contribution in [0.2, 0.25) is 0 Å². The Morgan fingerprint density at radius 2 is 1.92 bits per heavy atom. The number of hydrogen-bond acceptors (Lipinski definition) is 6. The number of hydrogen-bond donors (Lipinski definition) is 3. The monoisotopic (exact) mass is 525 g/mol. The molecule has 0 aliphatic rings. The lowest BCUT2D eigenvalue weighted by Crippen LogP contribution is -2.35. The molecule has 2 aromatic heterocycles. The van der Waals surface area contributed by atoms with Crippen molar-refractivity contribution in [3.05, 3.63) is 78.0 Å². The van der Waals surface area contributed by atoms with Crippen LogP contribution in [0.5, 0.6) is 0 Å². The van der Waals surface area contributed by atoms with Crippen molar-refractivity contribution in [3.8, 4) is 11.4 Å². The van der Waals surface area contributed by atoms with Gasteiger partial charge in [-0.1, -0.05) is 24.3 Å². The number of nitrogens with zero attached hydrogens (tertiary/aromatic N) is 4. The highest BCUT2D eigenvalue weighted by Crippen LogP contribution is 2.27. The normalized spacial score (nSPS) is 11.9. The summed E-state index contributed by atoms with van der Waals surface area (Å²) in [6, 6.07) is 13.7. The predicted octanol–water partition coefficient (Wildman–Crippen LogP) is 5.71. The number of halogens is 4. The second-order valence-electron chi connectivity index (χ2n) is 8.47. The van der Waals surface area contributed by atoms with Crippen molar-refractivity contribution in [3.63, 3.8) is 0 Å². The van der Waals surface area contributed by atoms with Crippen LogP contribution in [0.15, 0.2) is 66.0 Å². The minimum absolute atomic E-state index is 0.0105. The van der Waals surface area contributed by atoms with Gasteiger partial charge in [0.2, 0.25) is 0 Å². The summed E-state index contributed by atoms with van der Waals surface area (Å²) in [5.74, 6) is -1.28. The van der Waals surface area contributed by atoms with E-state index in [9.17, 15) is 22.4 Å². The smallest absolute Gasteiger partial charge is 0.351 e. The van der Waals surface area contributed by atoms with Crippen molar-refractivity contribution >= 4 is 40.6 Å². The number of anilines is 2. The maximum atomic E-state index is 14.5. The largest absolute Gasteiger partial charge is 0.406 e. The Bertz CT molecular complexity index is 1510. The number of H-pyrrole nitrogens is 1. The van der Waals surface area contributed by atoms with Crippen LogP contribution in [0.4, 0.5) is 29.1 Å². The summed E-state index contributed by atoms with van der Waals surface area (Å²) < 4.78 is 52.5. The number of hydrazone groups is 1. The van der Waals surface area contributed by atoms with Crippen molar-refractivity contribution in [2.24, 2.45) is 5.10 Å². The molecule has 0 radical (unpaired) electrons. The molecule has 0 bridgehead atoms. The number of aromatic nitrogens is 3. The lowest BCUT2D eigenvalue weighted by Gasteiger charge is -2.17. The fourth-order valence-corrected chi connectivity index (χ4v) is 3.70. The molecule has 8 nitrogen and oxygen atoms in total. The van der Waals surface area contributed by atoms with Gasteiger partial charge in [-0.15, -0.1) is 0 Å². The summed E-state index contributed by atoms with van der Waals surface area (Å²) in [4.78, 5) is 24.2. The Balaban J connectivity index is 1.55. The summed E-state index contributed by atoms with van der Waals surface area (Å²) in [6.45, 7) is 3.88. The van der Waals surface area contributed by atoms with Crippen molar-refractivity contribution in [2.75, 3.05) is 18.9 Å². The molecule has 3 N–H and O–H groups in total. The van der Waals surface area contributed by atoms with E-state index in [1.807, 2.05) is 19.1 Å². The molecular formula is C26H23F4N7O. The van der Waals surface area contributed by atoms with Gasteiger partial charge in [-0.3, -0.25) is 10.2 Å². The third-order valence-electron chi connectivity index (χ3n) is 5.59. The summed E-state index contributed by atoms with van der Waals surface area (Å²) in [7, 11) is 1.08. The Hall–Kier alpha value is -4.74. The molecule has 0 aliphatic carbocycles. The molecule has 0 fully saturated rings. The number of carbonyl (C=O) groups excluding carboxylic acids is 1.